The number of aryl methyl sites for hydroxylation is 1. The first-order valence-corrected chi connectivity index (χ1v) is 10.5. The maximum atomic E-state index is 5.61. The predicted octanol–water partition coefficient (Wildman–Crippen LogP) is 4.00. The molecule has 0 bridgehead atoms. The number of nitrogens with one attached hydrogen (secondary N) is 1. The van der Waals surface area contributed by atoms with E-state index in [2.05, 4.69) is 57.9 Å². The molecule has 1 aliphatic rings. The maximum Gasteiger partial charge on any atom is 0.173 e. The number of anilines is 1. The van der Waals surface area contributed by atoms with E-state index in [4.69, 9.17) is 17.3 Å². The number of hydrogen-bond donors (Lipinski definition) is 1. The van der Waals surface area contributed by atoms with Crippen molar-refractivity contribution in [2.45, 2.75) is 20.4 Å². The number of para-hydroxylation sites is 2. The van der Waals surface area contributed by atoms with E-state index < -0.39 is 0 Å². The Morgan fingerprint density at radius 3 is 2.21 bits per heavy atom. The van der Waals surface area contributed by atoms with Crippen molar-refractivity contribution in [3.63, 3.8) is 0 Å². The van der Waals surface area contributed by atoms with Crippen molar-refractivity contribution in [2.24, 2.45) is 0 Å². The van der Waals surface area contributed by atoms with Crippen LogP contribution in [0.15, 0.2) is 60.7 Å². The number of thiocarbonyl (C=S) groups is 1. The molecule has 1 aliphatic heterocycles. The van der Waals surface area contributed by atoms with E-state index >= 15 is 0 Å². The quantitative estimate of drug-likeness (QED) is 0.664. The van der Waals surface area contributed by atoms with Gasteiger partial charge in [0.05, 0.1) is 11.4 Å². The molecule has 1 N–H and O–H groups in total. The van der Waals surface area contributed by atoms with Crippen LogP contribution in [0.2, 0.25) is 0 Å². The largest absolute Gasteiger partial charge is 0.346 e. The van der Waals surface area contributed by atoms with Gasteiger partial charge in [-0.2, -0.15) is 5.10 Å². The van der Waals surface area contributed by atoms with Gasteiger partial charge in [-0.15, -0.1) is 0 Å². The molecule has 150 valence electrons. The monoisotopic (exact) mass is 405 g/mol. The summed E-state index contributed by atoms with van der Waals surface area (Å²) in [6.45, 7) is 9.05. The summed E-state index contributed by atoms with van der Waals surface area (Å²) >= 11 is 5.61. The van der Waals surface area contributed by atoms with Crippen LogP contribution in [0.25, 0.3) is 5.69 Å². The lowest BCUT2D eigenvalue weighted by molar-refractivity contribution is 0.176. The molecule has 0 atom stereocenters. The number of hydrogen-bond acceptors (Lipinski definition) is 3. The minimum absolute atomic E-state index is 0.806. The Hall–Kier alpha value is -2.70. The molecule has 1 aromatic heterocycles. The van der Waals surface area contributed by atoms with E-state index in [1.165, 1.54) is 11.3 Å². The van der Waals surface area contributed by atoms with Crippen LogP contribution >= 0.6 is 12.2 Å². The highest BCUT2D eigenvalue weighted by Gasteiger charge is 2.22. The van der Waals surface area contributed by atoms with Gasteiger partial charge in [-0.05, 0) is 50.3 Å². The fraction of sp³-hybridized carbons (Fsp3) is 0.304. The maximum absolute atomic E-state index is 5.61. The zero-order valence-electron chi connectivity index (χ0n) is 17.0. The van der Waals surface area contributed by atoms with Gasteiger partial charge in [0.1, 0.15) is 0 Å². The van der Waals surface area contributed by atoms with Gasteiger partial charge in [0, 0.05) is 49.7 Å². The summed E-state index contributed by atoms with van der Waals surface area (Å²) in [6, 6.07) is 20.5. The molecule has 2 aromatic carbocycles. The summed E-state index contributed by atoms with van der Waals surface area (Å²) < 4.78 is 2.06. The molecule has 0 aliphatic carbocycles. The van der Waals surface area contributed by atoms with Crippen molar-refractivity contribution in [1.82, 2.24) is 19.6 Å². The van der Waals surface area contributed by atoms with Gasteiger partial charge in [-0.3, -0.25) is 4.90 Å². The van der Waals surface area contributed by atoms with E-state index in [1.54, 1.807) is 0 Å². The Morgan fingerprint density at radius 2 is 1.55 bits per heavy atom. The van der Waals surface area contributed by atoms with Crippen molar-refractivity contribution in [3.05, 3.63) is 77.6 Å². The highest BCUT2D eigenvalue weighted by atomic mass is 32.1. The van der Waals surface area contributed by atoms with Crippen molar-refractivity contribution < 1.29 is 0 Å². The number of nitrogens with zero attached hydrogens (tertiary/aromatic N) is 4. The first kappa shape index (κ1) is 19.6. The number of benzene rings is 2. The van der Waals surface area contributed by atoms with Gasteiger partial charge < -0.3 is 10.2 Å². The molecule has 2 heterocycles. The van der Waals surface area contributed by atoms with E-state index in [0.717, 1.165) is 54.9 Å². The molecule has 0 amide bonds. The molecule has 3 aromatic rings. The van der Waals surface area contributed by atoms with Gasteiger partial charge in [0.25, 0.3) is 0 Å². The lowest BCUT2D eigenvalue weighted by Gasteiger charge is -2.36. The molecule has 29 heavy (non-hydrogen) atoms. The molecule has 0 unspecified atom stereocenters. The second-order valence-corrected chi connectivity index (χ2v) is 7.84. The minimum atomic E-state index is 0.806. The number of rotatable bonds is 4. The summed E-state index contributed by atoms with van der Waals surface area (Å²) in [6.07, 6.45) is 0. The second kappa shape index (κ2) is 8.76. The van der Waals surface area contributed by atoms with Crippen LogP contribution in [-0.4, -0.2) is 50.9 Å². The third kappa shape index (κ3) is 4.49. The molecular weight excluding hydrogens is 378 g/mol. The lowest BCUT2D eigenvalue weighted by atomic mass is 10.1. The van der Waals surface area contributed by atoms with Crippen molar-refractivity contribution in [1.29, 1.82) is 0 Å². The average Bonchev–Trinajstić information content (AvgIpc) is 3.04. The fourth-order valence-electron chi connectivity index (χ4n) is 3.78. The van der Waals surface area contributed by atoms with Crippen molar-refractivity contribution >= 4 is 23.0 Å². The highest BCUT2D eigenvalue weighted by Crippen LogP contribution is 2.20. The molecule has 0 spiro atoms. The third-order valence-corrected chi connectivity index (χ3v) is 5.87. The van der Waals surface area contributed by atoms with Crippen LogP contribution < -0.4 is 5.32 Å². The van der Waals surface area contributed by atoms with Gasteiger partial charge >= 0.3 is 0 Å². The van der Waals surface area contributed by atoms with Crippen LogP contribution in [0.1, 0.15) is 17.0 Å². The summed E-state index contributed by atoms with van der Waals surface area (Å²) in [5.41, 5.74) is 5.81. The Bertz CT molecular complexity index is 960. The fourth-order valence-corrected chi connectivity index (χ4v) is 4.08. The Kier molecular flexibility index (Phi) is 5.92. The van der Waals surface area contributed by atoms with E-state index in [1.807, 2.05) is 36.4 Å². The topological polar surface area (TPSA) is 36.3 Å². The van der Waals surface area contributed by atoms with E-state index in [-0.39, 0.29) is 0 Å². The first-order chi connectivity index (χ1) is 14.1. The summed E-state index contributed by atoms with van der Waals surface area (Å²) in [5.74, 6) is 0. The molecule has 5 nitrogen and oxygen atoms in total. The molecule has 1 saturated heterocycles. The normalized spacial score (nSPS) is 14.8. The SMILES string of the molecule is Cc1nn(-c2ccccc2)c(C)c1CN1CCN(C(=S)Nc2ccccc2)CC1. The smallest absolute Gasteiger partial charge is 0.173 e. The number of aromatic nitrogens is 2. The van der Waals surface area contributed by atoms with Crippen LogP contribution in [0.3, 0.4) is 0 Å². The summed E-state index contributed by atoms with van der Waals surface area (Å²) in [7, 11) is 0. The number of piperazine rings is 1. The van der Waals surface area contributed by atoms with Gasteiger partial charge in [0.2, 0.25) is 0 Å². The molecule has 6 heteroatoms. The molecule has 0 saturated carbocycles. The Balaban J connectivity index is 1.36. The second-order valence-electron chi connectivity index (χ2n) is 7.46. The van der Waals surface area contributed by atoms with Crippen LogP contribution in [0.4, 0.5) is 5.69 Å². The van der Waals surface area contributed by atoms with Gasteiger partial charge in [-0.25, -0.2) is 4.68 Å². The molecule has 0 radical (unpaired) electrons. The van der Waals surface area contributed by atoms with Crippen LogP contribution in [0.5, 0.6) is 0 Å². The van der Waals surface area contributed by atoms with Gasteiger partial charge in [-0.1, -0.05) is 36.4 Å². The lowest BCUT2D eigenvalue weighted by Crippen LogP contribution is -2.49. The standard InChI is InChI=1S/C23H27N5S/c1-18-22(19(2)28(25-18)21-11-7-4-8-12-21)17-26-13-15-27(16-14-26)23(29)24-20-9-5-3-6-10-20/h3-12H,13-17H2,1-2H3,(H,24,29). The molecular formula is C23H27N5S. The minimum Gasteiger partial charge on any atom is -0.346 e. The van der Waals surface area contributed by atoms with Crippen LogP contribution in [0, 0.1) is 13.8 Å². The average molecular weight is 406 g/mol. The molecule has 1 fully saturated rings. The Labute approximate surface area is 177 Å². The summed E-state index contributed by atoms with van der Waals surface area (Å²) in [4.78, 5) is 4.75. The van der Waals surface area contributed by atoms with Crippen molar-refractivity contribution in [2.75, 3.05) is 31.5 Å². The zero-order valence-corrected chi connectivity index (χ0v) is 17.8. The van der Waals surface area contributed by atoms with E-state index in [0.29, 0.717) is 0 Å². The highest BCUT2D eigenvalue weighted by molar-refractivity contribution is 7.80. The van der Waals surface area contributed by atoms with Gasteiger partial charge in [0.15, 0.2) is 5.11 Å². The van der Waals surface area contributed by atoms with E-state index in [9.17, 15) is 0 Å². The molecule has 4 rings (SSSR count). The van der Waals surface area contributed by atoms with Crippen LogP contribution in [-0.2, 0) is 6.54 Å². The zero-order chi connectivity index (χ0) is 20.2. The Morgan fingerprint density at radius 1 is 0.931 bits per heavy atom. The predicted molar refractivity (Wildman–Crippen MR) is 123 cm³/mol. The summed E-state index contributed by atoms with van der Waals surface area (Å²) in [5, 5.41) is 8.93. The third-order valence-electron chi connectivity index (χ3n) is 5.51. The first-order valence-electron chi connectivity index (χ1n) is 10.1. The van der Waals surface area contributed by atoms with Crippen molar-refractivity contribution in [3.8, 4) is 5.69 Å².